The summed E-state index contributed by atoms with van der Waals surface area (Å²) in [5.41, 5.74) is -0.283. The molecule has 1 amide bonds. The van der Waals surface area contributed by atoms with E-state index >= 15 is 0 Å². The van der Waals surface area contributed by atoms with E-state index in [0.717, 1.165) is 0 Å². The molecule has 2 N–H and O–H groups in total. The number of amides is 1. The van der Waals surface area contributed by atoms with Crippen LogP contribution in [0.5, 0.6) is 0 Å². The molecular weight excluding hydrogens is 387 g/mol. The first-order valence-electron chi connectivity index (χ1n) is 8.19. The maximum atomic E-state index is 13.8. The van der Waals surface area contributed by atoms with Crippen LogP contribution in [0.25, 0.3) is 10.1 Å². The highest BCUT2D eigenvalue weighted by Gasteiger charge is 2.22. The molecule has 0 saturated heterocycles. The number of carbonyl (C=O) groups excluding carboxylic acids is 1. The minimum absolute atomic E-state index is 0.0533. The van der Waals surface area contributed by atoms with Gasteiger partial charge in [0.1, 0.15) is 5.82 Å². The number of halogens is 1. The van der Waals surface area contributed by atoms with Gasteiger partial charge in [-0.1, -0.05) is 12.1 Å². The van der Waals surface area contributed by atoms with E-state index in [4.69, 9.17) is 0 Å². The first kappa shape index (κ1) is 19.5. The highest BCUT2D eigenvalue weighted by molar-refractivity contribution is 7.89. The second-order valence-electron chi connectivity index (χ2n) is 7.10. The average Bonchev–Trinajstić information content (AvgIpc) is 2.99. The Labute approximate surface area is 161 Å². The molecule has 0 fully saturated rings. The van der Waals surface area contributed by atoms with Gasteiger partial charge in [-0.05, 0) is 57.2 Å². The molecule has 1 aromatic heterocycles. The van der Waals surface area contributed by atoms with Crippen molar-refractivity contribution in [3.8, 4) is 0 Å². The SMILES string of the molecule is CC(C)(C)NS(=O)(=O)c1cccc(NC(=O)c2cc3c(F)cccc3s2)c1. The molecule has 0 radical (unpaired) electrons. The average molecular weight is 407 g/mol. The molecule has 0 atom stereocenters. The molecule has 3 rings (SSSR count). The Morgan fingerprint density at radius 2 is 1.78 bits per heavy atom. The summed E-state index contributed by atoms with van der Waals surface area (Å²) in [6, 6.07) is 12.2. The zero-order valence-corrected chi connectivity index (χ0v) is 16.7. The van der Waals surface area contributed by atoms with Crippen LogP contribution in [-0.2, 0) is 10.0 Å². The first-order chi connectivity index (χ1) is 12.5. The van der Waals surface area contributed by atoms with Gasteiger partial charge in [0.2, 0.25) is 10.0 Å². The number of benzene rings is 2. The van der Waals surface area contributed by atoms with Crippen LogP contribution in [0.15, 0.2) is 53.4 Å². The molecule has 0 spiro atoms. The maximum Gasteiger partial charge on any atom is 0.265 e. The van der Waals surface area contributed by atoms with E-state index in [9.17, 15) is 17.6 Å². The Kier molecular flexibility index (Phi) is 5.07. The van der Waals surface area contributed by atoms with Crippen LogP contribution < -0.4 is 10.0 Å². The fourth-order valence-corrected chi connectivity index (χ4v) is 4.97. The van der Waals surface area contributed by atoms with Gasteiger partial charge in [0.25, 0.3) is 5.91 Å². The second-order valence-corrected chi connectivity index (χ2v) is 9.87. The number of hydrogen-bond acceptors (Lipinski definition) is 4. The van der Waals surface area contributed by atoms with Crippen LogP contribution in [0, 0.1) is 5.82 Å². The number of anilines is 1. The van der Waals surface area contributed by atoms with Crippen molar-refractivity contribution in [1.29, 1.82) is 0 Å². The van der Waals surface area contributed by atoms with Crippen molar-refractivity contribution in [2.45, 2.75) is 31.2 Å². The number of carbonyl (C=O) groups is 1. The lowest BCUT2D eigenvalue weighted by molar-refractivity contribution is 0.103. The summed E-state index contributed by atoms with van der Waals surface area (Å²) in [4.78, 5) is 12.9. The third kappa shape index (κ3) is 4.52. The molecule has 0 aliphatic rings. The van der Waals surface area contributed by atoms with Gasteiger partial charge in [0, 0.05) is 21.3 Å². The minimum Gasteiger partial charge on any atom is -0.321 e. The van der Waals surface area contributed by atoms with Crippen molar-refractivity contribution < 1.29 is 17.6 Å². The van der Waals surface area contributed by atoms with Crippen LogP contribution in [0.2, 0.25) is 0 Å². The third-order valence-electron chi connectivity index (χ3n) is 3.57. The highest BCUT2D eigenvalue weighted by Crippen LogP contribution is 2.28. The summed E-state index contributed by atoms with van der Waals surface area (Å²) in [6.07, 6.45) is 0. The number of sulfonamides is 1. The van der Waals surface area contributed by atoms with Crippen LogP contribution in [-0.4, -0.2) is 19.9 Å². The van der Waals surface area contributed by atoms with Gasteiger partial charge in [-0.25, -0.2) is 17.5 Å². The van der Waals surface area contributed by atoms with Crippen LogP contribution in [0.4, 0.5) is 10.1 Å². The zero-order chi connectivity index (χ0) is 19.8. The lowest BCUT2D eigenvalue weighted by Crippen LogP contribution is -2.40. The summed E-state index contributed by atoms with van der Waals surface area (Å²) < 4.78 is 41.9. The van der Waals surface area contributed by atoms with Crippen molar-refractivity contribution >= 4 is 43.0 Å². The summed E-state index contributed by atoms with van der Waals surface area (Å²) >= 11 is 1.17. The van der Waals surface area contributed by atoms with Crippen molar-refractivity contribution in [3.05, 3.63) is 59.2 Å². The molecule has 0 bridgehead atoms. The predicted molar refractivity (Wildman–Crippen MR) is 106 cm³/mol. The Morgan fingerprint density at radius 3 is 2.44 bits per heavy atom. The number of hydrogen-bond donors (Lipinski definition) is 2. The predicted octanol–water partition coefficient (Wildman–Crippen LogP) is 4.37. The Bertz CT molecular complexity index is 1120. The molecule has 8 heteroatoms. The molecule has 3 aromatic rings. The summed E-state index contributed by atoms with van der Waals surface area (Å²) in [5, 5.41) is 3.06. The number of rotatable bonds is 4. The highest BCUT2D eigenvalue weighted by atomic mass is 32.2. The number of nitrogens with one attached hydrogen (secondary N) is 2. The number of thiophene rings is 1. The zero-order valence-electron chi connectivity index (χ0n) is 15.0. The van der Waals surface area contributed by atoms with E-state index in [0.29, 0.717) is 20.7 Å². The molecule has 0 saturated carbocycles. The number of fused-ring (bicyclic) bond motifs is 1. The second kappa shape index (κ2) is 7.03. The van der Waals surface area contributed by atoms with E-state index in [1.54, 1.807) is 45.0 Å². The molecule has 1 heterocycles. The molecule has 2 aromatic carbocycles. The van der Waals surface area contributed by atoms with Crippen LogP contribution in [0.3, 0.4) is 0 Å². The van der Waals surface area contributed by atoms with Crippen LogP contribution in [0.1, 0.15) is 30.4 Å². The molecule has 27 heavy (non-hydrogen) atoms. The van der Waals surface area contributed by atoms with E-state index in [1.807, 2.05) is 0 Å². The minimum atomic E-state index is -3.72. The molecule has 0 aliphatic carbocycles. The maximum absolute atomic E-state index is 13.8. The van der Waals surface area contributed by atoms with Gasteiger partial charge >= 0.3 is 0 Å². The van der Waals surface area contributed by atoms with E-state index in [2.05, 4.69) is 10.0 Å². The first-order valence-corrected chi connectivity index (χ1v) is 10.5. The van der Waals surface area contributed by atoms with Gasteiger partial charge in [0.15, 0.2) is 0 Å². The lowest BCUT2D eigenvalue weighted by atomic mass is 10.1. The van der Waals surface area contributed by atoms with Gasteiger partial charge in [0.05, 0.1) is 9.77 Å². The normalized spacial score (nSPS) is 12.3. The molecule has 5 nitrogen and oxygen atoms in total. The van der Waals surface area contributed by atoms with Gasteiger partial charge < -0.3 is 5.32 Å². The van der Waals surface area contributed by atoms with Crippen molar-refractivity contribution in [3.63, 3.8) is 0 Å². The largest absolute Gasteiger partial charge is 0.321 e. The smallest absolute Gasteiger partial charge is 0.265 e. The third-order valence-corrected chi connectivity index (χ3v) is 6.43. The van der Waals surface area contributed by atoms with Crippen molar-refractivity contribution in [1.82, 2.24) is 4.72 Å². The Balaban J connectivity index is 1.85. The topological polar surface area (TPSA) is 75.3 Å². The van der Waals surface area contributed by atoms with E-state index < -0.39 is 21.5 Å². The summed E-state index contributed by atoms with van der Waals surface area (Å²) in [7, 11) is -3.72. The standard InChI is InChI=1S/C19H19FN2O3S2/c1-19(2,3)22-27(24,25)13-7-4-6-12(10-13)21-18(23)17-11-14-15(20)8-5-9-16(14)26-17/h4-11,22H,1-3H3,(H,21,23). The van der Waals surface area contributed by atoms with E-state index in [1.165, 1.54) is 35.6 Å². The van der Waals surface area contributed by atoms with Crippen molar-refractivity contribution in [2.75, 3.05) is 5.32 Å². The van der Waals surface area contributed by atoms with E-state index in [-0.39, 0.29) is 10.7 Å². The van der Waals surface area contributed by atoms with Crippen LogP contribution >= 0.6 is 11.3 Å². The van der Waals surface area contributed by atoms with Gasteiger partial charge in [-0.2, -0.15) is 0 Å². The molecule has 0 unspecified atom stereocenters. The molecule has 0 aliphatic heterocycles. The molecule has 142 valence electrons. The Morgan fingerprint density at radius 1 is 1.07 bits per heavy atom. The van der Waals surface area contributed by atoms with Crippen molar-refractivity contribution in [2.24, 2.45) is 0 Å². The summed E-state index contributed by atoms with van der Waals surface area (Å²) in [6.45, 7) is 5.24. The van der Waals surface area contributed by atoms with Gasteiger partial charge in [-0.15, -0.1) is 11.3 Å². The quantitative estimate of drug-likeness (QED) is 0.676. The Hall–Kier alpha value is -2.29. The lowest BCUT2D eigenvalue weighted by Gasteiger charge is -2.20. The monoisotopic (exact) mass is 406 g/mol. The summed E-state index contributed by atoms with van der Waals surface area (Å²) in [5.74, 6) is -0.807. The molecular formula is C19H19FN2O3S2. The fourth-order valence-electron chi connectivity index (χ4n) is 2.53. The van der Waals surface area contributed by atoms with Gasteiger partial charge in [-0.3, -0.25) is 4.79 Å². The fraction of sp³-hybridized carbons (Fsp3) is 0.211.